The average molecular weight is 345 g/mol. The second-order valence-corrected chi connectivity index (χ2v) is 5.66. The van der Waals surface area contributed by atoms with Gasteiger partial charge in [-0.3, -0.25) is 4.90 Å². The van der Waals surface area contributed by atoms with E-state index >= 15 is 0 Å². The third-order valence-electron chi connectivity index (χ3n) is 3.64. The van der Waals surface area contributed by atoms with Crippen LogP contribution in [-0.4, -0.2) is 29.2 Å². The molecule has 2 aromatic carbocycles. The predicted molar refractivity (Wildman–Crippen MR) is 87.8 cm³/mol. The fourth-order valence-electron chi connectivity index (χ4n) is 2.44. The van der Waals surface area contributed by atoms with Gasteiger partial charge in [0.25, 0.3) is 0 Å². The Morgan fingerprint density at radius 2 is 1.84 bits per heavy atom. The van der Waals surface area contributed by atoms with Gasteiger partial charge in [-0.1, -0.05) is 11.2 Å². The third-order valence-corrected chi connectivity index (χ3v) is 3.64. The standard InChI is InChI=1S/C18H17F2N3O2/c1-23(10-12-3-8-16(24-2)15(20)9-12)11-17-21-18(22-25-17)13-4-6-14(19)7-5-13/h3-9H,10-11H2,1-2H3. The zero-order valence-electron chi connectivity index (χ0n) is 13.9. The number of ether oxygens (including phenoxy) is 1. The molecule has 130 valence electrons. The van der Waals surface area contributed by atoms with Gasteiger partial charge in [-0.15, -0.1) is 0 Å². The van der Waals surface area contributed by atoms with E-state index in [0.29, 0.717) is 30.4 Å². The van der Waals surface area contributed by atoms with Crippen molar-refractivity contribution < 1.29 is 18.0 Å². The molecule has 0 amide bonds. The van der Waals surface area contributed by atoms with Crippen LogP contribution in [0.4, 0.5) is 8.78 Å². The highest BCUT2D eigenvalue weighted by Gasteiger charge is 2.12. The zero-order valence-corrected chi connectivity index (χ0v) is 13.9. The molecule has 0 bridgehead atoms. The zero-order chi connectivity index (χ0) is 17.8. The molecule has 7 heteroatoms. The molecule has 5 nitrogen and oxygen atoms in total. The first-order chi connectivity index (χ1) is 12.0. The fourth-order valence-corrected chi connectivity index (χ4v) is 2.44. The van der Waals surface area contributed by atoms with Crippen LogP contribution in [0, 0.1) is 11.6 Å². The van der Waals surface area contributed by atoms with E-state index in [2.05, 4.69) is 10.1 Å². The number of hydrogen-bond acceptors (Lipinski definition) is 5. The Morgan fingerprint density at radius 1 is 1.08 bits per heavy atom. The quantitative estimate of drug-likeness (QED) is 0.682. The minimum atomic E-state index is -0.398. The van der Waals surface area contributed by atoms with Crippen molar-refractivity contribution >= 4 is 0 Å². The van der Waals surface area contributed by atoms with E-state index in [1.807, 2.05) is 11.9 Å². The summed E-state index contributed by atoms with van der Waals surface area (Å²) in [5.74, 6) is 0.325. The van der Waals surface area contributed by atoms with Crippen molar-refractivity contribution in [2.45, 2.75) is 13.1 Å². The summed E-state index contributed by atoms with van der Waals surface area (Å²) in [5, 5.41) is 3.90. The van der Waals surface area contributed by atoms with Crippen molar-refractivity contribution in [2.24, 2.45) is 0 Å². The van der Waals surface area contributed by atoms with Gasteiger partial charge in [0.15, 0.2) is 11.6 Å². The fraction of sp³-hybridized carbons (Fsp3) is 0.222. The van der Waals surface area contributed by atoms with Crippen LogP contribution in [0.3, 0.4) is 0 Å². The molecule has 0 radical (unpaired) electrons. The molecule has 0 aliphatic heterocycles. The maximum atomic E-state index is 13.7. The topological polar surface area (TPSA) is 51.4 Å². The van der Waals surface area contributed by atoms with Crippen LogP contribution < -0.4 is 4.74 Å². The van der Waals surface area contributed by atoms with Gasteiger partial charge in [0.2, 0.25) is 11.7 Å². The lowest BCUT2D eigenvalue weighted by atomic mass is 10.2. The molecule has 1 aromatic heterocycles. The molecule has 3 rings (SSSR count). The largest absolute Gasteiger partial charge is 0.494 e. The predicted octanol–water partition coefficient (Wildman–Crippen LogP) is 3.66. The Balaban J connectivity index is 1.64. The van der Waals surface area contributed by atoms with Crippen LogP contribution in [-0.2, 0) is 13.1 Å². The molecular weight excluding hydrogens is 328 g/mol. The molecule has 0 saturated carbocycles. The molecule has 25 heavy (non-hydrogen) atoms. The minimum Gasteiger partial charge on any atom is -0.494 e. The van der Waals surface area contributed by atoms with E-state index in [-0.39, 0.29) is 11.6 Å². The summed E-state index contributed by atoms with van der Waals surface area (Å²) in [6.07, 6.45) is 0. The summed E-state index contributed by atoms with van der Waals surface area (Å²) in [4.78, 5) is 6.22. The lowest BCUT2D eigenvalue weighted by Gasteiger charge is -2.14. The number of hydrogen-bond donors (Lipinski definition) is 0. The molecule has 1 heterocycles. The van der Waals surface area contributed by atoms with E-state index in [0.717, 1.165) is 5.56 Å². The van der Waals surface area contributed by atoms with Crippen molar-refractivity contribution in [1.29, 1.82) is 0 Å². The minimum absolute atomic E-state index is 0.215. The third kappa shape index (κ3) is 4.19. The molecule has 3 aromatic rings. The van der Waals surface area contributed by atoms with Gasteiger partial charge in [-0.2, -0.15) is 4.98 Å². The van der Waals surface area contributed by atoms with Gasteiger partial charge < -0.3 is 9.26 Å². The van der Waals surface area contributed by atoms with Gasteiger partial charge in [0, 0.05) is 12.1 Å². The monoisotopic (exact) mass is 345 g/mol. The highest BCUT2D eigenvalue weighted by molar-refractivity contribution is 5.53. The Morgan fingerprint density at radius 3 is 2.52 bits per heavy atom. The lowest BCUT2D eigenvalue weighted by Crippen LogP contribution is -2.17. The van der Waals surface area contributed by atoms with Crippen molar-refractivity contribution in [2.75, 3.05) is 14.2 Å². The number of rotatable bonds is 6. The van der Waals surface area contributed by atoms with Crippen molar-refractivity contribution in [3.8, 4) is 17.1 Å². The Bertz CT molecular complexity index is 850. The number of halogens is 2. The van der Waals surface area contributed by atoms with Gasteiger partial charge in [0.1, 0.15) is 5.82 Å². The van der Waals surface area contributed by atoms with E-state index in [1.165, 1.54) is 25.3 Å². The summed E-state index contributed by atoms with van der Waals surface area (Å²) in [6.45, 7) is 0.914. The normalized spacial score (nSPS) is 11.1. The maximum absolute atomic E-state index is 13.7. The molecule has 0 N–H and O–H groups in total. The highest BCUT2D eigenvalue weighted by atomic mass is 19.1. The van der Waals surface area contributed by atoms with Crippen LogP contribution in [0.25, 0.3) is 11.4 Å². The summed E-state index contributed by atoms with van der Waals surface area (Å²) in [6, 6.07) is 10.7. The molecular formula is C18H17F2N3O2. The average Bonchev–Trinajstić information content (AvgIpc) is 3.04. The van der Waals surface area contributed by atoms with Crippen LogP contribution in [0.2, 0.25) is 0 Å². The first-order valence-electron chi connectivity index (χ1n) is 7.64. The molecule has 0 aliphatic carbocycles. The Kier molecular flexibility index (Phi) is 5.04. The van der Waals surface area contributed by atoms with Gasteiger partial charge in [-0.25, -0.2) is 8.78 Å². The van der Waals surface area contributed by atoms with Crippen LogP contribution >= 0.6 is 0 Å². The Hall–Kier alpha value is -2.80. The molecule has 0 fully saturated rings. The first-order valence-corrected chi connectivity index (χ1v) is 7.64. The SMILES string of the molecule is COc1ccc(CN(C)Cc2nc(-c3ccc(F)cc3)no2)cc1F. The van der Waals surface area contributed by atoms with Crippen molar-refractivity contribution in [1.82, 2.24) is 15.0 Å². The molecule has 0 atom stereocenters. The van der Waals surface area contributed by atoms with Gasteiger partial charge in [0.05, 0.1) is 13.7 Å². The van der Waals surface area contributed by atoms with E-state index in [9.17, 15) is 8.78 Å². The molecule has 0 spiro atoms. The lowest BCUT2D eigenvalue weighted by molar-refractivity contribution is 0.260. The van der Waals surface area contributed by atoms with Gasteiger partial charge in [-0.05, 0) is 49.0 Å². The second-order valence-electron chi connectivity index (χ2n) is 5.66. The number of benzene rings is 2. The summed E-state index contributed by atoms with van der Waals surface area (Å²) < 4.78 is 36.8. The molecule has 0 unspecified atom stereocenters. The van der Waals surface area contributed by atoms with E-state index in [4.69, 9.17) is 9.26 Å². The maximum Gasteiger partial charge on any atom is 0.241 e. The number of nitrogens with zero attached hydrogens (tertiary/aromatic N) is 3. The van der Waals surface area contributed by atoms with Gasteiger partial charge >= 0.3 is 0 Å². The van der Waals surface area contributed by atoms with Crippen molar-refractivity contribution in [3.05, 3.63) is 65.6 Å². The number of methoxy groups -OCH3 is 1. The molecule has 0 saturated heterocycles. The summed E-state index contributed by atoms with van der Waals surface area (Å²) >= 11 is 0. The van der Waals surface area contributed by atoms with Crippen LogP contribution in [0.5, 0.6) is 5.75 Å². The van der Waals surface area contributed by atoms with Crippen LogP contribution in [0.15, 0.2) is 47.0 Å². The summed E-state index contributed by atoms with van der Waals surface area (Å²) in [7, 11) is 3.29. The van der Waals surface area contributed by atoms with E-state index < -0.39 is 5.82 Å². The Labute approximate surface area is 143 Å². The summed E-state index contributed by atoms with van der Waals surface area (Å²) in [5.41, 5.74) is 1.48. The smallest absolute Gasteiger partial charge is 0.241 e. The second kappa shape index (κ2) is 7.40. The molecule has 0 aliphatic rings. The highest BCUT2D eigenvalue weighted by Crippen LogP contribution is 2.20. The number of aromatic nitrogens is 2. The first kappa shape index (κ1) is 17.0. The van der Waals surface area contributed by atoms with Crippen LogP contribution in [0.1, 0.15) is 11.5 Å². The van der Waals surface area contributed by atoms with E-state index in [1.54, 1.807) is 24.3 Å². The van der Waals surface area contributed by atoms with Crippen molar-refractivity contribution in [3.63, 3.8) is 0 Å².